The number of unbranched alkanes of at least 4 members (excludes halogenated alkanes) is 2. The lowest BCUT2D eigenvalue weighted by molar-refractivity contribution is -0.137. The molecule has 0 saturated carbocycles. The molecule has 0 heterocycles. The lowest BCUT2D eigenvalue weighted by Crippen LogP contribution is -2.19. The van der Waals surface area contributed by atoms with E-state index < -0.39 is 5.97 Å². The number of carboxylic acids is 1. The zero-order chi connectivity index (χ0) is 18.2. The van der Waals surface area contributed by atoms with Crippen molar-refractivity contribution in [1.82, 2.24) is 0 Å². The Hall–Kier alpha value is -1.71. The molecule has 0 saturated heterocycles. The molecule has 4 heteroatoms. The van der Waals surface area contributed by atoms with Crippen molar-refractivity contribution in [3.63, 3.8) is 0 Å². The molecule has 0 aliphatic rings. The quantitative estimate of drug-likeness (QED) is 0.580. The summed E-state index contributed by atoms with van der Waals surface area (Å²) in [6.45, 7) is 6.69. The van der Waals surface area contributed by atoms with E-state index >= 15 is 0 Å². The van der Waals surface area contributed by atoms with E-state index in [0.717, 1.165) is 29.0 Å². The van der Waals surface area contributed by atoms with Crippen molar-refractivity contribution < 1.29 is 19.4 Å². The fraction of sp³-hybridized carbons (Fsp3) is 0.650. The molecule has 4 nitrogen and oxygen atoms in total. The van der Waals surface area contributed by atoms with Crippen LogP contribution < -0.4 is 9.47 Å². The zero-order valence-corrected chi connectivity index (χ0v) is 15.8. The van der Waals surface area contributed by atoms with Crippen LogP contribution in [0.5, 0.6) is 11.5 Å². The molecular formula is C20H32O4. The third-order valence-corrected chi connectivity index (χ3v) is 4.57. The van der Waals surface area contributed by atoms with E-state index in [2.05, 4.69) is 26.8 Å². The monoisotopic (exact) mass is 336 g/mol. The molecule has 1 N–H and O–H groups in total. The predicted molar refractivity (Wildman–Crippen MR) is 97.3 cm³/mol. The average Bonchev–Trinajstić information content (AvgIpc) is 2.54. The van der Waals surface area contributed by atoms with Gasteiger partial charge in [0.1, 0.15) is 11.5 Å². The Morgan fingerprint density at radius 2 is 1.75 bits per heavy atom. The number of carbonyl (C=O) groups is 1. The number of methoxy groups -OCH3 is 2. The first-order chi connectivity index (χ1) is 11.4. The smallest absolute Gasteiger partial charge is 0.303 e. The maximum absolute atomic E-state index is 10.7. The Balaban J connectivity index is 3.06. The molecule has 0 atom stereocenters. The summed E-state index contributed by atoms with van der Waals surface area (Å²) in [5.41, 5.74) is 2.16. The molecule has 136 valence electrons. The molecule has 0 unspecified atom stereocenters. The van der Waals surface area contributed by atoms with Crippen LogP contribution in [0.2, 0.25) is 0 Å². The summed E-state index contributed by atoms with van der Waals surface area (Å²) >= 11 is 0. The summed E-state index contributed by atoms with van der Waals surface area (Å²) in [6.07, 6.45) is 6.15. The zero-order valence-electron chi connectivity index (χ0n) is 15.8. The Labute approximate surface area is 146 Å². The van der Waals surface area contributed by atoms with Gasteiger partial charge in [-0.15, -0.1) is 0 Å². The topological polar surface area (TPSA) is 55.8 Å². The summed E-state index contributed by atoms with van der Waals surface area (Å²) in [7, 11) is 3.35. The van der Waals surface area contributed by atoms with Crippen molar-refractivity contribution in [2.24, 2.45) is 0 Å². The number of benzene rings is 1. The van der Waals surface area contributed by atoms with Crippen LogP contribution in [0.3, 0.4) is 0 Å². The summed E-state index contributed by atoms with van der Waals surface area (Å²) < 4.78 is 11.2. The maximum Gasteiger partial charge on any atom is 0.303 e. The van der Waals surface area contributed by atoms with Gasteiger partial charge in [0.15, 0.2) is 0 Å². The molecule has 0 radical (unpaired) electrons. The van der Waals surface area contributed by atoms with Crippen molar-refractivity contribution in [3.8, 4) is 11.5 Å². The largest absolute Gasteiger partial charge is 0.496 e. The molecule has 1 aromatic rings. The molecular weight excluding hydrogens is 304 g/mol. The van der Waals surface area contributed by atoms with E-state index in [4.69, 9.17) is 14.6 Å². The second-order valence-electron chi connectivity index (χ2n) is 6.95. The molecule has 0 amide bonds. The first-order valence-electron chi connectivity index (χ1n) is 8.82. The molecule has 0 fully saturated rings. The van der Waals surface area contributed by atoms with Gasteiger partial charge in [0.25, 0.3) is 0 Å². The highest BCUT2D eigenvalue weighted by Crippen LogP contribution is 2.40. The third-order valence-electron chi connectivity index (χ3n) is 4.57. The summed E-state index contributed by atoms with van der Waals surface area (Å²) in [5, 5.41) is 8.82. The SMILES string of the molecule is CCCCCC(C)(C)c1cc(OC)c(CCCC(=O)O)cc1OC. The van der Waals surface area contributed by atoms with Crippen LogP contribution in [0.25, 0.3) is 0 Å². The van der Waals surface area contributed by atoms with Gasteiger partial charge in [0, 0.05) is 12.0 Å². The summed E-state index contributed by atoms with van der Waals surface area (Å²) in [4.78, 5) is 10.7. The van der Waals surface area contributed by atoms with E-state index in [1.807, 2.05) is 6.07 Å². The summed E-state index contributed by atoms with van der Waals surface area (Å²) in [6, 6.07) is 4.08. The highest BCUT2D eigenvalue weighted by atomic mass is 16.5. The van der Waals surface area contributed by atoms with Gasteiger partial charge >= 0.3 is 5.97 Å². The number of hydrogen-bond donors (Lipinski definition) is 1. The third kappa shape index (κ3) is 5.73. The van der Waals surface area contributed by atoms with Crippen LogP contribution in [0.1, 0.15) is 70.4 Å². The van der Waals surface area contributed by atoms with E-state index in [1.54, 1.807) is 14.2 Å². The highest BCUT2D eigenvalue weighted by Gasteiger charge is 2.26. The van der Waals surface area contributed by atoms with Crippen LogP contribution in [-0.4, -0.2) is 25.3 Å². The van der Waals surface area contributed by atoms with Crippen molar-refractivity contribution in [1.29, 1.82) is 0 Å². The molecule has 24 heavy (non-hydrogen) atoms. The Morgan fingerprint density at radius 1 is 1.08 bits per heavy atom. The number of rotatable bonds is 11. The van der Waals surface area contributed by atoms with Gasteiger partial charge in [0.2, 0.25) is 0 Å². The minimum Gasteiger partial charge on any atom is -0.496 e. The van der Waals surface area contributed by atoms with Crippen LogP contribution in [0, 0.1) is 0 Å². The molecule has 0 spiro atoms. The van der Waals surface area contributed by atoms with Gasteiger partial charge < -0.3 is 14.6 Å². The fourth-order valence-electron chi connectivity index (χ4n) is 3.07. The van der Waals surface area contributed by atoms with E-state index in [-0.39, 0.29) is 11.8 Å². The van der Waals surface area contributed by atoms with Crippen LogP contribution in [0.4, 0.5) is 0 Å². The number of carboxylic acid groups (broad SMARTS) is 1. The molecule has 0 aromatic heterocycles. The van der Waals surface area contributed by atoms with Crippen LogP contribution >= 0.6 is 0 Å². The minimum atomic E-state index is -0.769. The Kier molecular flexibility index (Phi) is 8.09. The van der Waals surface area contributed by atoms with Crippen molar-refractivity contribution >= 4 is 5.97 Å². The molecule has 1 aromatic carbocycles. The van der Waals surface area contributed by atoms with Gasteiger partial charge in [-0.2, -0.15) is 0 Å². The van der Waals surface area contributed by atoms with E-state index in [1.165, 1.54) is 19.3 Å². The van der Waals surface area contributed by atoms with Crippen molar-refractivity contribution in [2.75, 3.05) is 14.2 Å². The average molecular weight is 336 g/mol. The van der Waals surface area contributed by atoms with Crippen LogP contribution in [0.15, 0.2) is 12.1 Å². The van der Waals surface area contributed by atoms with Crippen molar-refractivity contribution in [3.05, 3.63) is 23.3 Å². The lowest BCUT2D eigenvalue weighted by atomic mass is 9.78. The van der Waals surface area contributed by atoms with Gasteiger partial charge in [0.05, 0.1) is 14.2 Å². The Bertz CT molecular complexity index is 535. The molecule has 0 bridgehead atoms. The Morgan fingerprint density at radius 3 is 2.29 bits per heavy atom. The number of aliphatic carboxylic acids is 1. The molecule has 0 aliphatic carbocycles. The first kappa shape index (κ1) is 20.3. The second kappa shape index (κ2) is 9.55. The molecule has 1 rings (SSSR count). The number of hydrogen-bond acceptors (Lipinski definition) is 3. The number of aryl methyl sites for hydroxylation is 1. The van der Waals surface area contributed by atoms with Gasteiger partial charge in [-0.1, -0.05) is 40.0 Å². The van der Waals surface area contributed by atoms with Gasteiger partial charge in [-0.05, 0) is 42.4 Å². The summed E-state index contributed by atoms with van der Waals surface area (Å²) in [5.74, 6) is 0.914. The lowest BCUT2D eigenvalue weighted by Gasteiger charge is -2.28. The highest BCUT2D eigenvalue weighted by molar-refractivity contribution is 5.66. The van der Waals surface area contributed by atoms with Gasteiger partial charge in [-0.3, -0.25) is 4.79 Å². The van der Waals surface area contributed by atoms with E-state index in [0.29, 0.717) is 12.8 Å². The van der Waals surface area contributed by atoms with E-state index in [9.17, 15) is 4.79 Å². The standard InChI is InChI=1S/C20H32O4/c1-6-7-8-12-20(2,3)16-14-17(23-4)15(13-18(16)24-5)10-9-11-19(21)22/h13-14H,6-12H2,1-5H3,(H,21,22). The van der Waals surface area contributed by atoms with Crippen LogP contribution in [-0.2, 0) is 16.6 Å². The second-order valence-corrected chi connectivity index (χ2v) is 6.95. The maximum atomic E-state index is 10.7. The fourth-order valence-corrected chi connectivity index (χ4v) is 3.07. The predicted octanol–water partition coefficient (Wildman–Crippen LogP) is 4.97. The minimum absolute atomic E-state index is 0.00733. The van der Waals surface area contributed by atoms with Crippen molar-refractivity contribution in [2.45, 2.75) is 71.1 Å². The molecule has 0 aliphatic heterocycles. The number of ether oxygens (including phenoxy) is 2. The normalized spacial score (nSPS) is 11.4. The first-order valence-corrected chi connectivity index (χ1v) is 8.82. The van der Waals surface area contributed by atoms with Gasteiger partial charge in [-0.25, -0.2) is 0 Å².